The van der Waals surface area contributed by atoms with Crippen molar-refractivity contribution < 1.29 is 4.79 Å². The minimum atomic E-state index is 0.447. The van der Waals surface area contributed by atoms with Crippen LogP contribution in [0.2, 0.25) is 0 Å². The summed E-state index contributed by atoms with van der Waals surface area (Å²) < 4.78 is 0. The van der Waals surface area contributed by atoms with Gasteiger partial charge in [0.2, 0.25) is 0 Å². The molecule has 1 aliphatic carbocycles. The monoisotopic (exact) mass is 188 g/mol. The summed E-state index contributed by atoms with van der Waals surface area (Å²) in [6.45, 7) is 2.11. The smallest absolute Gasteiger partial charge is 0.133 e. The molecule has 74 valence electrons. The van der Waals surface area contributed by atoms with E-state index in [9.17, 15) is 4.79 Å². The molecule has 1 nitrogen and oxygen atoms in total. The van der Waals surface area contributed by atoms with E-state index in [4.69, 9.17) is 0 Å². The number of carbonyl (C=O) groups excluding carboxylic acids is 1. The summed E-state index contributed by atoms with van der Waals surface area (Å²) >= 11 is 0. The fraction of sp³-hybridized carbons (Fsp3) is 0.462. The molecule has 1 unspecified atom stereocenters. The number of benzene rings is 1. The summed E-state index contributed by atoms with van der Waals surface area (Å²) in [6.07, 6.45) is 3.77. The second-order valence-corrected chi connectivity index (χ2v) is 4.34. The Labute approximate surface area is 85.1 Å². The molecule has 1 aliphatic rings. The number of aryl methyl sites for hydroxylation is 1. The topological polar surface area (TPSA) is 17.1 Å². The first-order valence-corrected chi connectivity index (χ1v) is 5.31. The standard InChI is InChI=1S/C13H16O/c1-10-3-2-4-11(7-10)8-12-5-6-13(14)9-12/h2-4,7,12H,5-6,8-9H2,1H3. The van der Waals surface area contributed by atoms with Gasteiger partial charge in [-0.05, 0) is 31.2 Å². The quantitative estimate of drug-likeness (QED) is 0.697. The SMILES string of the molecule is Cc1cccc(CC2CCC(=O)C2)c1. The predicted molar refractivity (Wildman–Crippen MR) is 57.2 cm³/mol. The highest BCUT2D eigenvalue weighted by Crippen LogP contribution is 2.25. The van der Waals surface area contributed by atoms with Crippen LogP contribution >= 0.6 is 0 Å². The zero-order chi connectivity index (χ0) is 9.97. The van der Waals surface area contributed by atoms with Gasteiger partial charge in [-0.1, -0.05) is 29.8 Å². The third-order valence-corrected chi connectivity index (χ3v) is 2.95. The average molecular weight is 188 g/mol. The van der Waals surface area contributed by atoms with Gasteiger partial charge in [-0.3, -0.25) is 4.79 Å². The minimum Gasteiger partial charge on any atom is -0.300 e. The van der Waals surface area contributed by atoms with Crippen LogP contribution in [0.3, 0.4) is 0 Å². The summed E-state index contributed by atoms with van der Waals surface area (Å²) in [4.78, 5) is 11.1. The summed E-state index contributed by atoms with van der Waals surface area (Å²) in [5, 5.41) is 0. The molecule has 1 heteroatoms. The lowest BCUT2D eigenvalue weighted by molar-refractivity contribution is -0.117. The minimum absolute atomic E-state index is 0.447. The van der Waals surface area contributed by atoms with E-state index >= 15 is 0 Å². The summed E-state index contributed by atoms with van der Waals surface area (Å²) in [5.74, 6) is 1.05. The Bertz CT molecular complexity index is 341. The lowest BCUT2D eigenvalue weighted by atomic mass is 9.97. The molecular weight excluding hydrogens is 172 g/mol. The van der Waals surface area contributed by atoms with Crippen molar-refractivity contribution in [1.29, 1.82) is 0 Å². The van der Waals surface area contributed by atoms with E-state index in [2.05, 4.69) is 31.2 Å². The predicted octanol–water partition coefficient (Wildman–Crippen LogP) is 2.91. The maximum absolute atomic E-state index is 11.1. The van der Waals surface area contributed by atoms with Crippen molar-refractivity contribution in [2.45, 2.75) is 32.6 Å². The van der Waals surface area contributed by atoms with Gasteiger partial charge in [-0.25, -0.2) is 0 Å². The average Bonchev–Trinajstić information content (AvgIpc) is 2.51. The van der Waals surface area contributed by atoms with Gasteiger partial charge in [-0.2, -0.15) is 0 Å². The van der Waals surface area contributed by atoms with Crippen LogP contribution in [0.4, 0.5) is 0 Å². The number of Topliss-reactive ketones (excluding diaryl/α,β-unsaturated/α-hetero) is 1. The highest BCUT2D eigenvalue weighted by Gasteiger charge is 2.21. The normalized spacial score (nSPS) is 21.5. The molecule has 0 bridgehead atoms. The van der Waals surface area contributed by atoms with Gasteiger partial charge in [0.05, 0.1) is 0 Å². The first kappa shape index (κ1) is 9.45. The van der Waals surface area contributed by atoms with Crippen molar-refractivity contribution in [2.75, 3.05) is 0 Å². The van der Waals surface area contributed by atoms with E-state index in [-0.39, 0.29) is 0 Å². The van der Waals surface area contributed by atoms with Crippen LogP contribution in [0.1, 0.15) is 30.4 Å². The first-order chi connectivity index (χ1) is 6.74. The molecule has 1 fully saturated rings. The number of ketones is 1. The molecule has 0 radical (unpaired) electrons. The van der Waals surface area contributed by atoms with Crippen molar-refractivity contribution in [3.8, 4) is 0 Å². The molecule has 14 heavy (non-hydrogen) atoms. The second-order valence-electron chi connectivity index (χ2n) is 4.34. The van der Waals surface area contributed by atoms with E-state index in [1.54, 1.807) is 0 Å². The van der Waals surface area contributed by atoms with Crippen molar-refractivity contribution in [2.24, 2.45) is 5.92 Å². The molecular formula is C13H16O. The van der Waals surface area contributed by atoms with Crippen LogP contribution in [-0.4, -0.2) is 5.78 Å². The second kappa shape index (κ2) is 3.95. The van der Waals surface area contributed by atoms with Crippen LogP contribution in [0, 0.1) is 12.8 Å². The number of hydrogen-bond donors (Lipinski definition) is 0. The number of carbonyl (C=O) groups is 1. The summed E-state index contributed by atoms with van der Waals surface area (Å²) in [5.41, 5.74) is 2.69. The molecule has 1 saturated carbocycles. The molecule has 1 aromatic carbocycles. The van der Waals surface area contributed by atoms with Gasteiger partial charge in [0.1, 0.15) is 5.78 Å². The summed E-state index contributed by atoms with van der Waals surface area (Å²) in [6, 6.07) is 8.60. The Morgan fingerprint density at radius 1 is 1.43 bits per heavy atom. The highest BCUT2D eigenvalue weighted by atomic mass is 16.1. The molecule has 0 saturated heterocycles. The van der Waals surface area contributed by atoms with E-state index < -0.39 is 0 Å². The van der Waals surface area contributed by atoms with Gasteiger partial charge in [-0.15, -0.1) is 0 Å². The van der Waals surface area contributed by atoms with E-state index in [0.717, 1.165) is 25.7 Å². The molecule has 0 spiro atoms. The Kier molecular flexibility index (Phi) is 2.67. The molecule has 0 aromatic heterocycles. The van der Waals surface area contributed by atoms with E-state index in [1.165, 1.54) is 11.1 Å². The van der Waals surface area contributed by atoms with Gasteiger partial charge < -0.3 is 0 Å². The zero-order valence-electron chi connectivity index (χ0n) is 8.62. The lowest BCUT2D eigenvalue weighted by Gasteiger charge is -2.08. The molecule has 2 rings (SSSR count). The first-order valence-electron chi connectivity index (χ1n) is 5.31. The number of hydrogen-bond acceptors (Lipinski definition) is 1. The largest absolute Gasteiger partial charge is 0.300 e. The Hall–Kier alpha value is -1.11. The maximum Gasteiger partial charge on any atom is 0.133 e. The molecule has 1 aromatic rings. The van der Waals surface area contributed by atoms with Crippen molar-refractivity contribution in [3.05, 3.63) is 35.4 Å². The van der Waals surface area contributed by atoms with Gasteiger partial charge in [0.15, 0.2) is 0 Å². The van der Waals surface area contributed by atoms with Crippen molar-refractivity contribution >= 4 is 5.78 Å². The molecule has 0 aliphatic heterocycles. The lowest BCUT2D eigenvalue weighted by Crippen LogP contribution is -2.00. The Morgan fingerprint density at radius 3 is 2.93 bits per heavy atom. The molecule has 0 amide bonds. The molecule has 0 heterocycles. The third-order valence-electron chi connectivity index (χ3n) is 2.95. The highest BCUT2D eigenvalue weighted by molar-refractivity contribution is 5.80. The van der Waals surface area contributed by atoms with Gasteiger partial charge >= 0.3 is 0 Å². The maximum atomic E-state index is 11.1. The van der Waals surface area contributed by atoms with Crippen LogP contribution < -0.4 is 0 Å². The van der Waals surface area contributed by atoms with E-state index in [0.29, 0.717) is 11.7 Å². The Balaban J connectivity index is 2.00. The van der Waals surface area contributed by atoms with Crippen LogP contribution in [0.25, 0.3) is 0 Å². The fourth-order valence-corrected chi connectivity index (χ4v) is 2.24. The number of rotatable bonds is 2. The van der Waals surface area contributed by atoms with Crippen molar-refractivity contribution in [3.63, 3.8) is 0 Å². The summed E-state index contributed by atoms with van der Waals surface area (Å²) in [7, 11) is 0. The van der Waals surface area contributed by atoms with Crippen molar-refractivity contribution in [1.82, 2.24) is 0 Å². The van der Waals surface area contributed by atoms with Crippen LogP contribution in [0.5, 0.6) is 0 Å². The fourth-order valence-electron chi connectivity index (χ4n) is 2.24. The van der Waals surface area contributed by atoms with Gasteiger partial charge in [0.25, 0.3) is 0 Å². The molecule has 0 N–H and O–H groups in total. The third kappa shape index (κ3) is 2.22. The zero-order valence-corrected chi connectivity index (χ0v) is 8.62. The van der Waals surface area contributed by atoms with Crippen LogP contribution in [-0.2, 0) is 11.2 Å². The van der Waals surface area contributed by atoms with Crippen LogP contribution in [0.15, 0.2) is 24.3 Å². The molecule has 1 atom stereocenters. The Morgan fingerprint density at radius 2 is 2.29 bits per heavy atom. The van der Waals surface area contributed by atoms with E-state index in [1.807, 2.05) is 0 Å². The van der Waals surface area contributed by atoms with Gasteiger partial charge in [0, 0.05) is 12.8 Å².